The minimum Gasteiger partial charge on any atom is -0.392 e. The van der Waals surface area contributed by atoms with Gasteiger partial charge in [0.15, 0.2) is 0 Å². The highest BCUT2D eigenvalue weighted by molar-refractivity contribution is 5.95. The molecule has 25 heavy (non-hydrogen) atoms. The Morgan fingerprint density at radius 1 is 1.16 bits per heavy atom. The van der Waals surface area contributed by atoms with E-state index in [1.807, 2.05) is 70.2 Å². The molecule has 0 aromatic heterocycles. The Kier molecular flexibility index (Phi) is 5.85. The third-order valence-corrected chi connectivity index (χ3v) is 4.18. The monoisotopic (exact) mass is 340 g/mol. The first-order valence-corrected chi connectivity index (χ1v) is 8.59. The Bertz CT molecular complexity index is 748. The summed E-state index contributed by atoms with van der Waals surface area (Å²) in [6.45, 7) is 9.84. The second-order valence-electron chi connectivity index (χ2n) is 7.50. The summed E-state index contributed by atoms with van der Waals surface area (Å²) in [4.78, 5) is 12.2. The lowest BCUT2D eigenvalue weighted by Gasteiger charge is -2.21. The molecule has 2 aromatic rings. The smallest absolute Gasteiger partial charge is 0.229 e. The van der Waals surface area contributed by atoms with E-state index in [2.05, 4.69) is 17.6 Å². The minimum absolute atomic E-state index is 0.00833. The van der Waals surface area contributed by atoms with E-state index in [0.717, 1.165) is 28.1 Å². The van der Waals surface area contributed by atoms with E-state index in [1.165, 1.54) is 0 Å². The molecule has 0 aliphatic rings. The summed E-state index contributed by atoms with van der Waals surface area (Å²) in [5, 5.41) is 15.8. The highest BCUT2D eigenvalue weighted by Gasteiger charge is 2.21. The van der Waals surface area contributed by atoms with Crippen LogP contribution in [0.2, 0.25) is 0 Å². The van der Waals surface area contributed by atoms with Crippen LogP contribution in [0.15, 0.2) is 42.5 Å². The number of hydrogen-bond acceptors (Lipinski definition) is 3. The summed E-state index contributed by atoms with van der Waals surface area (Å²) in [6, 6.07) is 13.9. The standard InChI is InChI=1S/C21H28N2O2/c1-14-9-10-18(23-20(25)21(3,4)5)12-19(14)22-15(2)17-8-6-7-16(11-17)13-24/h6-12,15,22,24H,13H2,1-5H3,(H,23,25). The summed E-state index contributed by atoms with van der Waals surface area (Å²) in [5.41, 5.74) is 4.44. The number of hydrogen-bond donors (Lipinski definition) is 3. The minimum atomic E-state index is -0.434. The van der Waals surface area contributed by atoms with Gasteiger partial charge >= 0.3 is 0 Å². The maximum atomic E-state index is 12.2. The van der Waals surface area contributed by atoms with E-state index < -0.39 is 5.41 Å². The third kappa shape index (κ3) is 5.07. The van der Waals surface area contributed by atoms with Gasteiger partial charge in [0, 0.05) is 22.8 Å². The van der Waals surface area contributed by atoms with Gasteiger partial charge in [0.2, 0.25) is 5.91 Å². The number of nitrogens with one attached hydrogen (secondary N) is 2. The van der Waals surface area contributed by atoms with Crippen LogP contribution in [0.4, 0.5) is 11.4 Å². The molecule has 1 unspecified atom stereocenters. The Morgan fingerprint density at radius 2 is 1.88 bits per heavy atom. The molecule has 0 heterocycles. The maximum Gasteiger partial charge on any atom is 0.229 e. The molecule has 4 heteroatoms. The van der Waals surface area contributed by atoms with Crippen molar-refractivity contribution in [3.05, 3.63) is 59.2 Å². The van der Waals surface area contributed by atoms with E-state index in [1.54, 1.807) is 0 Å². The van der Waals surface area contributed by atoms with Gasteiger partial charge in [-0.25, -0.2) is 0 Å². The zero-order valence-electron chi connectivity index (χ0n) is 15.7. The topological polar surface area (TPSA) is 61.4 Å². The molecule has 0 aliphatic carbocycles. The van der Waals surface area contributed by atoms with Crippen molar-refractivity contribution in [2.45, 2.75) is 47.3 Å². The largest absolute Gasteiger partial charge is 0.392 e. The number of carbonyl (C=O) groups is 1. The van der Waals surface area contributed by atoms with E-state index >= 15 is 0 Å². The zero-order valence-corrected chi connectivity index (χ0v) is 15.7. The van der Waals surface area contributed by atoms with E-state index in [9.17, 15) is 9.90 Å². The number of benzene rings is 2. The van der Waals surface area contributed by atoms with Crippen molar-refractivity contribution < 1.29 is 9.90 Å². The quantitative estimate of drug-likeness (QED) is 0.743. The lowest BCUT2D eigenvalue weighted by molar-refractivity contribution is -0.123. The molecule has 1 atom stereocenters. The molecule has 3 N–H and O–H groups in total. The molecule has 0 aliphatic heterocycles. The fraction of sp³-hybridized carbons (Fsp3) is 0.381. The normalized spacial score (nSPS) is 12.6. The summed E-state index contributed by atoms with van der Waals surface area (Å²) in [7, 11) is 0. The fourth-order valence-corrected chi connectivity index (χ4v) is 2.45. The number of rotatable bonds is 5. The summed E-state index contributed by atoms with van der Waals surface area (Å²) >= 11 is 0. The summed E-state index contributed by atoms with van der Waals surface area (Å²) in [6.07, 6.45) is 0. The average molecular weight is 340 g/mol. The molecule has 0 fully saturated rings. The van der Waals surface area contributed by atoms with Gasteiger partial charge in [-0.05, 0) is 42.7 Å². The van der Waals surface area contributed by atoms with Gasteiger partial charge in [0.05, 0.1) is 6.61 Å². The Morgan fingerprint density at radius 3 is 2.52 bits per heavy atom. The molecule has 0 saturated carbocycles. The average Bonchev–Trinajstić information content (AvgIpc) is 2.57. The van der Waals surface area contributed by atoms with Crippen molar-refractivity contribution in [3.63, 3.8) is 0 Å². The molecule has 0 bridgehead atoms. The first-order chi connectivity index (χ1) is 11.7. The Labute approximate surface area is 150 Å². The van der Waals surface area contributed by atoms with Crippen molar-refractivity contribution >= 4 is 17.3 Å². The van der Waals surface area contributed by atoms with Crippen molar-refractivity contribution in [1.29, 1.82) is 0 Å². The number of anilines is 2. The first-order valence-electron chi connectivity index (χ1n) is 8.59. The number of carbonyl (C=O) groups excluding carboxylic acids is 1. The second kappa shape index (κ2) is 7.70. The van der Waals surface area contributed by atoms with Gasteiger partial charge in [-0.3, -0.25) is 4.79 Å². The molecule has 134 valence electrons. The Balaban J connectivity index is 2.18. The van der Waals surface area contributed by atoms with Crippen molar-refractivity contribution in [1.82, 2.24) is 0 Å². The van der Waals surface area contributed by atoms with Gasteiger partial charge < -0.3 is 15.7 Å². The van der Waals surface area contributed by atoms with E-state index in [4.69, 9.17) is 0 Å². The van der Waals surface area contributed by atoms with Crippen LogP contribution in [0.5, 0.6) is 0 Å². The Hall–Kier alpha value is -2.33. The van der Waals surface area contributed by atoms with Crippen molar-refractivity contribution in [3.8, 4) is 0 Å². The molecule has 4 nitrogen and oxygen atoms in total. The summed E-state index contributed by atoms with van der Waals surface area (Å²) in [5.74, 6) is -0.00833. The molecular weight excluding hydrogens is 312 g/mol. The van der Waals surface area contributed by atoms with Gasteiger partial charge in [-0.15, -0.1) is 0 Å². The maximum absolute atomic E-state index is 12.2. The van der Waals surface area contributed by atoms with Gasteiger partial charge in [0.1, 0.15) is 0 Å². The molecule has 0 saturated heterocycles. The first kappa shape index (κ1) is 19.0. The predicted octanol–water partition coefficient (Wildman–Crippen LogP) is 4.65. The number of aryl methyl sites for hydroxylation is 1. The molecule has 2 rings (SSSR count). The highest BCUT2D eigenvalue weighted by atomic mass is 16.3. The van der Waals surface area contributed by atoms with Gasteiger partial charge in [-0.2, -0.15) is 0 Å². The number of aliphatic hydroxyl groups is 1. The van der Waals surface area contributed by atoms with Crippen LogP contribution in [-0.4, -0.2) is 11.0 Å². The molecule has 1 amide bonds. The van der Waals surface area contributed by atoms with Crippen molar-refractivity contribution in [2.75, 3.05) is 10.6 Å². The van der Waals surface area contributed by atoms with Gasteiger partial charge in [0.25, 0.3) is 0 Å². The molecule has 2 aromatic carbocycles. The van der Waals surface area contributed by atoms with Crippen LogP contribution in [0, 0.1) is 12.3 Å². The van der Waals surface area contributed by atoms with Crippen LogP contribution >= 0.6 is 0 Å². The zero-order chi connectivity index (χ0) is 18.6. The predicted molar refractivity (Wildman–Crippen MR) is 104 cm³/mol. The lowest BCUT2D eigenvalue weighted by atomic mass is 9.95. The fourth-order valence-electron chi connectivity index (χ4n) is 2.45. The van der Waals surface area contributed by atoms with Crippen LogP contribution in [0.3, 0.4) is 0 Å². The number of amides is 1. The molecular formula is C21H28N2O2. The molecule has 0 spiro atoms. The van der Waals surface area contributed by atoms with Crippen LogP contribution in [0.25, 0.3) is 0 Å². The van der Waals surface area contributed by atoms with Crippen LogP contribution in [-0.2, 0) is 11.4 Å². The van der Waals surface area contributed by atoms with E-state index in [0.29, 0.717) is 0 Å². The van der Waals surface area contributed by atoms with Crippen LogP contribution < -0.4 is 10.6 Å². The second-order valence-corrected chi connectivity index (χ2v) is 7.50. The lowest BCUT2D eigenvalue weighted by Crippen LogP contribution is -2.27. The SMILES string of the molecule is Cc1ccc(NC(=O)C(C)(C)C)cc1NC(C)c1cccc(CO)c1. The highest BCUT2D eigenvalue weighted by Crippen LogP contribution is 2.27. The van der Waals surface area contributed by atoms with Crippen LogP contribution in [0.1, 0.15) is 50.4 Å². The van der Waals surface area contributed by atoms with Crippen molar-refractivity contribution in [2.24, 2.45) is 5.41 Å². The van der Waals surface area contributed by atoms with E-state index in [-0.39, 0.29) is 18.6 Å². The number of aliphatic hydroxyl groups excluding tert-OH is 1. The van der Waals surface area contributed by atoms with Gasteiger partial charge in [-0.1, -0.05) is 51.1 Å². The third-order valence-electron chi connectivity index (χ3n) is 4.18. The summed E-state index contributed by atoms with van der Waals surface area (Å²) < 4.78 is 0. The molecule has 0 radical (unpaired) electrons.